The number of ether oxygens (including phenoxy) is 4. The molecule has 0 unspecified atom stereocenters. The second-order valence-electron chi connectivity index (χ2n) is 13.2. The highest BCUT2D eigenvalue weighted by molar-refractivity contribution is 5.69. The van der Waals surface area contributed by atoms with Gasteiger partial charge in [-0.15, -0.1) is 0 Å². The number of carboxylic acids is 1. The SMILES string of the molecule is CO[C@]12CC[C@@]3(C[C@@H]1COCc1ccccc1)[C@H]1Cc4ccc(OCC(=O)O)c5c4[C@@]3(CCN1CC1CC1)[C@H]2O5. The molecule has 7 heteroatoms. The molecule has 5 fully saturated rings. The number of carboxylic acid groups (broad SMARTS) is 1. The molecule has 2 heterocycles. The predicted octanol–water partition coefficient (Wildman–Crippen LogP) is 4.59. The zero-order valence-corrected chi connectivity index (χ0v) is 23.3. The molecule has 2 spiro atoms. The lowest BCUT2D eigenvalue weighted by Crippen LogP contribution is -2.81. The fraction of sp³-hybridized carbons (Fsp3) is 0.606. The molecule has 2 aromatic rings. The number of piperidine rings is 1. The Morgan fingerprint density at radius 2 is 1.98 bits per heavy atom. The van der Waals surface area contributed by atoms with E-state index >= 15 is 0 Å². The van der Waals surface area contributed by atoms with E-state index in [-0.39, 0.29) is 29.5 Å². The molecule has 7 nitrogen and oxygen atoms in total. The van der Waals surface area contributed by atoms with Crippen molar-refractivity contribution in [3.8, 4) is 11.5 Å². The van der Waals surface area contributed by atoms with Crippen molar-refractivity contribution in [1.82, 2.24) is 4.90 Å². The monoisotopic (exact) mass is 545 g/mol. The first-order valence-corrected chi connectivity index (χ1v) is 15.1. The van der Waals surface area contributed by atoms with Crippen molar-refractivity contribution in [2.75, 3.05) is 33.4 Å². The Hall–Kier alpha value is -2.61. The number of hydrogen-bond acceptors (Lipinski definition) is 6. The number of benzene rings is 2. The lowest BCUT2D eigenvalue weighted by Gasteiger charge is -2.74. The number of hydrogen-bond donors (Lipinski definition) is 1. The number of methoxy groups -OCH3 is 1. The van der Waals surface area contributed by atoms with Crippen molar-refractivity contribution < 1.29 is 28.8 Å². The molecule has 0 aromatic heterocycles. The standard InChI is InChI=1S/C33H39NO6/c1-37-33-12-11-31(16-24(33)19-38-18-22-5-3-2-4-6-22)26-15-23-9-10-25(39-20-27(35)36)29-28(23)32(31,30(33)40-29)13-14-34(26)17-21-7-8-21/h2-6,9-10,21,24,26,30H,7-8,11-20H2,1H3,(H,35,36)/t24-,26-,30-,31-,32+,33-/m1/s1. The van der Waals surface area contributed by atoms with Crippen molar-refractivity contribution in [2.45, 2.75) is 74.7 Å². The number of likely N-dealkylation sites (tertiary alicyclic amines) is 1. The third-order valence-electron chi connectivity index (χ3n) is 11.6. The third-order valence-corrected chi connectivity index (χ3v) is 11.6. The van der Waals surface area contributed by atoms with E-state index in [1.54, 1.807) is 0 Å². The van der Waals surface area contributed by atoms with E-state index < -0.39 is 11.6 Å². The smallest absolute Gasteiger partial charge is 0.341 e. The molecule has 4 saturated carbocycles. The largest absolute Gasteiger partial charge is 0.482 e. The van der Waals surface area contributed by atoms with E-state index in [0.717, 1.165) is 50.3 Å². The van der Waals surface area contributed by atoms with Gasteiger partial charge in [-0.3, -0.25) is 4.90 Å². The number of aliphatic carboxylic acids is 1. The molecular weight excluding hydrogens is 506 g/mol. The van der Waals surface area contributed by atoms with Crippen LogP contribution in [-0.4, -0.2) is 67.1 Å². The average Bonchev–Trinajstić information content (AvgIpc) is 3.71. The second-order valence-corrected chi connectivity index (χ2v) is 13.2. The van der Waals surface area contributed by atoms with Crippen LogP contribution in [0.4, 0.5) is 0 Å². The van der Waals surface area contributed by atoms with Crippen LogP contribution in [-0.2, 0) is 32.7 Å². The molecule has 9 rings (SSSR count). The summed E-state index contributed by atoms with van der Waals surface area (Å²) in [5.41, 5.74) is 3.31. The van der Waals surface area contributed by atoms with Gasteiger partial charge in [0.05, 0.1) is 13.2 Å². The van der Waals surface area contributed by atoms with E-state index in [0.29, 0.717) is 25.0 Å². The minimum absolute atomic E-state index is 0.0789. The minimum atomic E-state index is -0.979. The molecule has 1 saturated heterocycles. The molecule has 7 aliphatic rings. The summed E-state index contributed by atoms with van der Waals surface area (Å²) in [5, 5.41) is 9.35. The zero-order valence-electron chi connectivity index (χ0n) is 23.3. The number of rotatable bonds is 10. The highest BCUT2D eigenvalue weighted by Crippen LogP contribution is 2.76. The fourth-order valence-corrected chi connectivity index (χ4v) is 9.88. The maximum atomic E-state index is 11.4. The van der Waals surface area contributed by atoms with Gasteiger partial charge in [-0.2, -0.15) is 0 Å². The molecule has 2 aliphatic heterocycles. The topological polar surface area (TPSA) is 77.5 Å². The third kappa shape index (κ3) is 3.31. The Morgan fingerprint density at radius 1 is 1.12 bits per heavy atom. The lowest BCUT2D eigenvalue weighted by atomic mass is 9.35. The summed E-state index contributed by atoms with van der Waals surface area (Å²) in [4.78, 5) is 14.2. The molecule has 1 N–H and O–H groups in total. The van der Waals surface area contributed by atoms with Crippen LogP contribution in [0.25, 0.3) is 0 Å². The molecule has 0 radical (unpaired) electrons. The van der Waals surface area contributed by atoms with Crippen molar-refractivity contribution in [3.05, 3.63) is 59.2 Å². The maximum Gasteiger partial charge on any atom is 0.341 e. The van der Waals surface area contributed by atoms with Crippen LogP contribution in [0.2, 0.25) is 0 Å². The summed E-state index contributed by atoms with van der Waals surface area (Å²) in [5.74, 6) is 1.42. The quantitative estimate of drug-likeness (QED) is 0.468. The maximum absolute atomic E-state index is 11.4. The van der Waals surface area contributed by atoms with Gasteiger partial charge in [0, 0.05) is 42.0 Å². The van der Waals surface area contributed by atoms with Crippen LogP contribution in [0.5, 0.6) is 11.5 Å². The van der Waals surface area contributed by atoms with E-state index in [2.05, 4.69) is 35.2 Å². The Balaban J connectivity index is 1.21. The van der Waals surface area contributed by atoms with Gasteiger partial charge in [0.15, 0.2) is 18.1 Å². The van der Waals surface area contributed by atoms with E-state index in [1.807, 2.05) is 19.2 Å². The lowest BCUT2D eigenvalue weighted by molar-refractivity contribution is -0.283. The summed E-state index contributed by atoms with van der Waals surface area (Å²) in [6.45, 7) is 3.15. The van der Waals surface area contributed by atoms with Gasteiger partial charge in [0.1, 0.15) is 11.7 Å². The summed E-state index contributed by atoms with van der Waals surface area (Å²) < 4.78 is 26.0. The Bertz CT molecular complexity index is 1330. The molecule has 2 aromatic carbocycles. The summed E-state index contributed by atoms with van der Waals surface area (Å²) in [6.07, 6.45) is 7.81. The zero-order chi connectivity index (χ0) is 27.1. The molecule has 6 atom stereocenters. The van der Waals surface area contributed by atoms with Gasteiger partial charge in [-0.1, -0.05) is 36.4 Å². The van der Waals surface area contributed by atoms with Crippen LogP contribution in [0.15, 0.2) is 42.5 Å². The first kappa shape index (κ1) is 25.1. The second kappa shape index (κ2) is 8.94. The molecule has 212 valence electrons. The van der Waals surface area contributed by atoms with Gasteiger partial charge in [0.2, 0.25) is 0 Å². The van der Waals surface area contributed by atoms with E-state index in [4.69, 9.17) is 18.9 Å². The first-order valence-electron chi connectivity index (χ1n) is 15.1. The fourth-order valence-electron chi connectivity index (χ4n) is 9.88. The highest BCUT2D eigenvalue weighted by Gasteiger charge is 2.80. The van der Waals surface area contributed by atoms with Crippen LogP contribution in [0.3, 0.4) is 0 Å². The van der Waals surface area contributed by atoms with Crippen LogP contribution >= 0.6 is 0 Å². The van der Waals surface area contributed by atoms with Crippen LogP contribution < -0.4 is 9.47 Å². The van der Waals surface area contributed by atoms with Crippen LogP contribution in [0.1, 0.15) is 55.2 Å². The minimum Gasteiger partial charge on any atom is -0.482 e. The van der Waals surface area contributed by atoms with E-state index in [1.165, 1.54) is 36.1 Å². The van der Waals surface area contributed by atoms with Gasteiger partial charge in [0.25, 0.3) is 0 Å². The normalized spacial score (nSPS) is 36.7. The summed E-state index contributed by atoms with van der Waals surface area (Å²) in [6, 6.07) is 15.0. The van der Waals surface area contributed by atoms with E-state index in [9.17, 15) is 9.90 Å². The molecule has 5 aliphatic carbocycles. The molecular formula is C33H39NO6. The van der Waals surface area contributed by atoms with Crippen LogP contribution in [0, 0.1) is 17.3 Å². The first-order chi connectivity index (χ1) is 19.5. The Kier molecular flexibility index (Phi) is 5.62. The van der Waals surface area contributed by atoms with Gasteiger partial charge >= 0.3 is 5.97 Å². The molecule has 0 amide bonds. The number of nitrogens with zero attached hydrogens (tertiary/aromatic N) is 1. The van der Waals surface area contributed by atoms with Gasteiger partial charge in [-0.05, 0) is 74.6 Å². The average molecular weight is 546 g/mol. The highest BCUT2D eigenvalue weighted by atomic mass is 16.6. The number of carbonyl (C=O) groups is 1. The van der Waals surface area contributed by atoms with Crippen molar-refractivity contribution in [3.63, 3.8) is 0 Å². The molecule has 40 heavy (non-hydrogen) atoms. The Labute approximate surface area is 235 Å². The van der Waals surface area contributed by atoms with Crippen molar-refractivity contribution >= 4 is 5.97 Å². The molecule has 4 bridgehead atoms. The number of fused-ring (bicyclic) bond motifs is 2. The summed E-state index contributed by atoms with van der Waals surface area (Å²) >= 11 is 0. The predicted molar refractivity (Wildman–Crippen MR) is 148 cm³/mol. The van der Waals surface area contributed by atoms with Gasteiger partial charge in [-0.25, -0.2) is 4.79 Å². The van der Waals surface area contributed by atoms with Crippen molar-refractivity contribution in [1.29, 1.82) is 0 Å². The van der Waals surface area contributed by atoms with Crippen molar-refractivity contribution in [2.24, 2.45) is 17.3 Å². The van der Waals surface area contributed by atoms with Gasteiger partial charge < -0.3 is 24.1 Å². The summed E-state index contributed by atoms with van der Waals surface area (Å²) in [7, 11) is 1.86. The Morgan fingerprint density at radius 3 is 2.75 bits per heavy atom.